The summed E-state index contributed by atoms with van der Waals surface area (Å²) in [6, 6.07) is 8.75. The highest BCUT2D eigenvalue weighted by molar-refractivity contribution is 5.29. The van der Waals surface area contributed by atoms with Crippen molar-refractivity contribution in [2.45, 2.75) is 52.9 Å². The molecule has 2 heteroatoms. The third kappa shape index (κ3) is 7.63. The van der Waals surface area contributed by atoms with E-state index in [2.05, 4.69) is 57.3 Å². The molecule has 0 fully saturated rings. The Labute approximate surface area is 131 Å². The first-order chi connectivity index (χ1) is 10.1. The summed E-state index contributed by atoms with van der Waals surface area (Å²) in [4.78, 5) is 0. The van der Waals surface area contributed by atoms with E-state index in [1.165, 1.54) is 24.0 Å². The Kier molecular flexibility index (Phi) is 9.36. The zero-order valence-electron chi connectivity index (χ0n) is 14.3. The number of ether oxygens (including phenoxy) is 1. The van der Waals surface area contributed by atoms with Crippen LogP contribution in [0.1, 0.15) is 57.1 Å². The SMILES string of the molecule is CCCCOCCC(CNCC(C)C)c1ccccc1C. The van der Waals surface area contributed by atoms with Gasteiger partial charge in [0.15, 0.2) is 0 Å². The number of unbranched alkanes of at least 4 members (excludes halogenated alkanes) is 1. The molecule has 0 saturated heterocycles. The fourth-order valence-corrected chi connectivity index (χ4v) is 2.53. The quantitative estimate of drug-likeness (QED) is 0.605. The van der Waals surface area contributed by atoms with Gasteiger partial charge in [-0.3, -0.25) is 0 Å². The molecule has 1 atom stereocenters. The minimum atomic E-state index is 0.548. The van der Waals surface area contributed by atoms with Gasteiger partial charge in [-0.05, 0) is 49.3 Å². The summed E-state index contributed by atoms with van der Waals surface area (Å²) in [6.07, 6.45) is 3.47. The van der Waals surface area contributed by atoms with Gasteiger partial charge in [-0.15, -0.1) is 0 Å². The maximum atomic E-state index is 5.77. The van der Waals surface area contributed by atoms with Crippen LogP contribution in [-0.2, 0) is 4.74 Å². The number of nitrogens with one attached hydrogen (secondary N) is 1. The van der Waals surface area contributed by atoms with Gasteiger partial charge in [0.2, 0.25) is 0 Å². The molecule has 1 rings (SSSR count). The van der Waals surface area contributed by atoms with Crippen molar-refractivity contribution in [3.05, 3.63) is 35.4 Å². The van der Waals surface area contributed by atoms with Crippen LogP contribution < -0.4 is 5.32 Å². The van der Waals surface area contributed by atoms with Gasteiger partial charge >= 0.3 is 0 Å². The highest BCUT2D eigenvalue weighted by Gasteiger charge is 2.13. The third-order valence-corrected chi connectivity index (χ3v) is 3.82. The Morgan fingerprint density at radius 2 is 1.86 bits per heavy atom. The zero-order chi connectivity index (χ0) is 15.5. The maximum absolute atomic E-state index is 5.77. The molecule has 0 heterocycles. The molecule has 0 aromatic heterocycles. The third-order valence-electron chi connectivity index (χ3n) is 3.82. The average molecular weight is 291 g/mol. The second-order valence-electron chi connectivity index (χ2n) is 6.36. The van der Waals surface area contributed by atoms with Crippen molar-refractivity contribution in [3.63, 3.8) is 0 Å². The van der Waals surface area contributed by atoms with Gasteiger partial charge in [0.25, 0.3) is 0 Å². The molecular weight excluding hydrogens is 258 g/mol. The standard InChI is InChI=1S/C19H33NO/c1-5-6-12-21-13-11-18(15-20-14-16(2)3)19-10-8-7-9-17(19)4/h7-10,16,18,20H,5-6,11-15H2,1-4H3. The van der Waals surface area contributed by atoms with Crippen molar-refractivity contribution in [1.29, 1.82) is 0 Å². The van der Waals surface area contributed by atoms with Crippen LogP contribution in [0, 0.1) is 12.8 Å². The lowest BCUT2D eigenvalue weighted by Crippen LogP contribution is -2.26. The van der Waals surface area contributed by atoms with Gasteiger partial charge in [-0.1, -0.05) is 51.5 Å². The van der Waals surface area contributed by atoms with Gasteiger partial charge in [0.1, 0.15) is 0 Å². The van der Waals surface area contributed by atoms with Crippen LogP contribution in [0.2, 0.25) is 0 Å². The summed E-state index contributed by atoms with van der Waals surface area (Å²) in [5.41, 5.74) is 2.86. The van der Waals surface area contributed by atoms with Crippen LogP contribution in [-0.4, -0.2) is 26.3 Å². The van der Waals surface area contributed by atoms with E-state index in [1.54, 1.807) is 0 Å². The van der Waals surface area contributed by atoms with Gasteiger partial charge in [-0.25, -0.2) is 0 Å². The number of benzene rings is 1. The lowest BCUT2D eigenvalue weighted by atomic mass is 9.92. The molecule has 0 radical (unpaired) electrons. The van der Waals surface area contributed by atoms with Crippen molar-refractivity contribution in [2.75, 3.05) is 26.3 Å². The normalized spacial score (nSPS) is 12.8. The van der Waals surface area contributed by atoms with Crippen molar-refractivity contribution >= 4 is 0 Å². The van der Waals surface area contributed by atoms with Crippen LogP contribution in [0.3, 0.4) is 0 Å². The minimum absolute atomic E-state index is 0.548. The highest BCUT2D eigenvalue weighted by atomic mass is 16.5. The molecule has 2 nitrogen and oxygen atoms in total. The number of rotatable bonds is 11. The van der Waals surface area contributed by atoms with Crippen molar-refractivity contribution in [3.8, 4) is 0 Å². The molecule has 1 aromatic rings. The predicted molar refractivity (Wildman–Crippen MR) is 92.0 cm³/mol. The van der Waals surface area contributed by atoms with E-state index in [9.17, 15) is 0 Å². The smallest absolute Gasteiger partial charge is 0.0472 e. The Bertz CT molecular complexity index is 376. The molecule has 1 aromatic carbocycles. The molecule has 21 heavy (non-hydrogen) atoms. The molecule has 1 unspecified atom stereocenters. The van der Waals surface area contributed by atoms with Crippen LogP contribution in [0.15, 0.2) is 24.3 Å². The largest absolute Gasteiger partial charge is 0.381 e. The summed E-state index contributed by atoms with van der Waals surface area (Å²) in [5.74, 6) is 1.25. The molecule has 0 bridgehead atoms. The van der Waals surface area contributed by atoms with E-state index >= 15 is 0 Å². The van der Waals surface area contributed by atoms with Crippen molar-refractivity contribution < 1.29 is 4.74 Å². The molecular formula is C19H33NO. The molecule has 120 valence electrons. The van der Waals surface area contributed by atoms with Crippen LogP contribution in [0.25, 0.3) is 0 Å². The minimum Gasteiger partial charge on any atom is -0.381 e. The molecule has 1 N–H and O–H groups in total. The molecule has 0 aliphatic heterocycles. The van der Waals surface area contributed by atoms with Crippen LogP contribution in [0.5, 0.6) is 0 Å². The summed E-state index contributed by atoms with van der Waals surface area (Å²) in [6.45, 7) is 12.8. The first kappa shape index (κ1) is 18.2. The topological polar surface area (TPSA) is 21.3 Å². The summed E-state index contributed by atoms with van der Waals surface area (Å²) >= 11 is 0. The first-order valence-electron chi connectivity index (χ1n) is 8.49. The second kappa shape index (κ2) is 10.8. The summed E-state index contributed by atoms with van der Waals surface area (Å²) < 4.78 is 5.77. The van der Waals surface area contributed by atoms with Crippen molar-refractivity contribution in [1.82, 2.24) is 5.32 Å². The van der Waals surface area contributed by atoms with Gasteiger partial charge in [-0.2, -0.15) is 0 Å². The van der Waals surface area contributed by atoms with Gasteiger partial charge < -0.3 is 10.1 Å². The Hall–Kier alpha value is -0.860. The van der Waals surface area contributed by atoms with E-state index in [4.69, 9.17) is 4.74 Å². The van der Waals surface area contributed by atoms with E-state index in [1.807, 2.05) is 0 Å². The molecule has 0 saturated carbocycles. The molecule has 0 amide bonds. The van der Waals surface area contributed by atoms with Gasteiger partial charge in [0, 0.05) is 19.8 Å². The lowest BCUT2D eigenvalue weighted by molar-refractivity contribution is 0.123. The fraction of sp³-hybridized carbons (Fsp3) is 0.684. The summed E-state index contributed by atoms with van der Waals surface area (Å²) in [7, 11) is 0. The molecule has 0 spiro atoms. The van der Waals surface area contributed by atoms with Gasteiger partial charge in [0.05, 0.1) is 0 Å². The predicted octanol–water partition coefficient (Wildman–Crippen LogP) is 4.53. The monoisotopic (exact) mass is 291 g/mol. The fourth-order valence-electron chi connectivity index (χ4n) is 2.53. The zero-order valence-corrected chi connectivity index (χ0v) is 14.3. The Morgan fingerprint density at radius 3 is 2.52 bits per heavy atom. The van der Waals surface area contributed by atoms with E-state index in [0.717, 1.165) is 32.7 Å². The number of aryl methyl sites for hydroxylation is 1. The number of hydrogen-bond donors (Lipinski definition) is 1. The summed E-state index contributed by atoms with van der Waals surface area (Å²) in [5, 5.41) is 3.61. The first-order valence-corrected chi connectivity index (χ1v) is 8.49. The average Bonchev–Trinajstić information content (AvgIpc) is 2.45. The Balaban J connectivity index is 2.51. The van der Waals surface area contributed by atoms with E-state index in [0.29, 0.717) is 11.8 Å². The van der Waals surface area contributed by atoms with E-state index in [-0.39, 0.29) is 0 Å². The van der Waals surface area contributed by atoms with Crippen molar-refractivity contribution in [2.24, 2.45) is 5.92 Å². The lowest BCUT2D eigenvalue weighted by Gasteiger charge is -2.21. The Morgan fingerprint density at radius 1 is 1.10 bits per heavy atom. The van der Waals surface area contributed by atoms with Crippen LogP contribution in [0.4, 0.5) is 0 Å². The number of hydrogen-bond acceptors (Lipinski definition) is 2. The highest BCUT2D eigenvalue weighted by Crippen LogP contribution is 2.22. The maximum Gasteiger partial charge on any atom is 0.0472 e. The second-order valence-corrected chi connectivity index (χ2v) is 6.36. The molecule has 0 aliphatic rings. The van der Waals surface area contributed by atoms with Crippen LogP contribution >= 0.6 is 0 Å². The molecule has 0 aliphatic carbocycles. The van der Waals surface area contributed by atoms with E-state index < -0.39 is 0 Å².